The van der Waals surface area contributed by atoms with Crippen LogP contribution in [0.3, 0.4) is 0 Å². The Bertz CT molecular complexity index is 996. The maximum absolute atomic E-state index is 11.7. The van der Waals surface area contributed by atoms with Gasteiger partial charge in [0.1, 0.15) is 18.4 Å². The van der Waals surface area contributed by atoms with Crippen molar-refractivity contribution in [1.82, 2.24) is 15.0 Å². The van der Waals surface area contributed by atoms with E-state index in [2.05, 4.69) is 20.3 Å². The Kier molecular flexibility index (Phi) is 3.76. The highest BCUT2D eigenvalue weighted by atomic mass is 35.5. The first kappa shape index (κ1) is 15.4. The van der Waals surface area contributed by atoms with Crippen molar-refractivity contribution in [2.75, 3.05) is 5.32 Å². The molecule has 0 radical (unpaired) electrons. The lowest BCUT2D eigenvalue weighted by atomic mass is 10.1. The Balaban J connectivity index is 2.37. The van der Waals surface area contributed by atoms with Crippen LogP contribution >= 0.6 is 11.6 Å². The molecule has 118 valence electrons. The van der Waals surface area contributed by atoms with Crippen LogP contribution in [-0.2, 0) is 10.1 Å². The molecule has 10 heteroatoms. The van der Waals surface area contributed by atoms with Crippen LogP contribution in [0.1, 0.15) is 0 Å². The van der Waals surface area contributed by atoms with Crippen LogP contribution < -0.4 is 5.32 Å². The molecule has 1 aromatic heterocycles. The summed E-state index contributed by atoms with van der Waals surface area (Å²) in [4.78, 5) is 10.5. The molecule has 3 N–H and O–H groups in total. The van der Waals surface area contributed by atoms with Crippen LogP contribution in [0.25, 0.3) is 10.8 Å². The van der Waals surface area contributed by atoms with Crippen molar-refractivity contribution in [2.24, 2.45) is 0 Å². The number of aromatic nitrogens is 3. The largest absolute Gasteiger partial charge is 0.506 e. The maximum Gasteiger partial charge on any atom is 0.300 e. The normalized spacial score (nSPS) is 11.6. The van der Waals surface area contributed by atoms with Crippen molar-refractivity contribution in [1.29, 1.82) is 0 Å². The SMILES string of the molecule is O=S(=O)(O)c1c(Nc2ncncn2)c(Cl)c2ccccc2c1O. The molecular formula is C13H9ClN4O4S. The molecular weight excluding hydrogens is 344 g/mol. The molecule has 2 aromatic carbocycles. The predicted molar refractivity (Wildman–Crippen MR) is 83.5 cm³/mol. The monoisotopic (exact) mass is 352 g/mol. The number of fused-ring (bicyclic) bond motifs is 1. The van der Waals surface area contributed by atoms with Crippen LogP contribution in [0.2, 0.25) is 5.02 Å². The summed E-state index contributed by atoms with van der Waals surface area (Å²) < 4.78 is 32.9. The zero-order chi connectivity index (χ0) is 16.6. The number of phenolic OH excluding ortho intramolecular Hbond substituents is 1. The van der Waals surface area contributed by atoms with Crippen LogP contribution in [-0.4, -0.2) is 33.0 Å². The second-order valence-electron chi connectivity index (χ2n) is 4.47. The van der Waals surface area contributed by atoms with Gasteiger partial charge in [-0.3, -0.25) is 4.55 Å². The number of anilines is 2. The molecule has 3 rings (SSSR count). The number of rotatable bonds is 3. The molecule has 0 amide bonds. The molecule has 0 unspecified atom stereocenters. The van der Waals surface area contributed by atoms with Crippen LogP contribution in [0.5, 0.6) is 5.75 Å². The number of benzene rings is 2. The fourth-order valence-corrected chi connectivity index (χ4v) is 3.26. The number of hydrogen-bond donors (Lipinski definition) is 3. The number of nitrogens with one attached hydrogen (secondary N) is 1. The average molecular weight is 353 g/mol. The van der Waals surface area contributed by atoms with Crippen molar-refractivity contribution in [2.45, 2.75) is 4.90 Å². The molecule has 0 aliphatic heterocycles. The number of hydrogen-bond acceptors (Lipinski definition) is 7. The van der Waals surface area contributed by atoms with E-state index in [-0.39, 0.29) is 22.0 Å². The number of nitrogens with zero attached hydrogens (tertiary/aromatic N) is 3. The van der Waals surface area contributed by atoms with Gasteiger partial charge in [-0.05, 0) is 0 Å². The standard InChI is InChI=1S/C13H9ClN4O4S/c14-9-7-3-1-2-4-8(7)11(19)12(23(20,21)22)10(9)18-13-16-5-15-6-17-13/h1-6,19H,(H,20,21,22)(H,15,16,17,18). The fourth-order valence-electron chi connectivity index (χ4n) is 2.13. The highest BCUT2D eigenvalue weighted by Gasteiger charge is 2.27. The number of phenols is 1. The van der Waals surface area contributed by atoms with Crippen molar-refractivity contribution in [3.63, 3.8) is 0 Å². The molecule has 0 saturated carbocycles. The Labute approximate surface area is 135 Å². The average Bonchev–Trinajstić information content (AvgIpc) is 2.52. The number of halogens is 1. The summed E-state index contributed by atoms with van der Waals surface area (Å²) in [6.07, 6.45) is 2.38. The zero-order valence-electron chi connectivity index (χ0n) is 11.3. The quantitative estimate of drug-likeness (QED) is 0.613. The van der Waals surface area contributed by atoms with E-state index in [9.17, 15) is 18.1 Å². The van der Waals surface area contributed by atoms with Crippen LogP contribution in [0.15, 0.2) is 41.8 Å². The molecule has 23 heavy (non-hydrogen) atoms. The maximum atomic E-state index is 11.7. The van der Waals surface area contributed by atoms with Gasteiger partial charge in [0.15, 0.2) is 4.90 Å². The van der Waals surface area contributed by atoms with Crippen LogP contribution in [0.4, 0.5) is 11.6 Å². The molecule has 8 nitrogen and oxygen atoms in total. The van der Waals surface area contributed by atoms with Crippen molar-refractivity contribution in [3.8, 4) is 5.75 Å². The Hall–Kier alpha value is -2.49. The number of aromatic hydroxyl groups is 1. The minimum Gasteiger partial charge on any atom is -0.506 e. The fraction of sp³-hybridized carbons (Fsp3) is 0. The van der Waals surface area contributed by atoms with Crippen molar-refractivity contribution in [3.05, 3.63) is 41.9 Å². The summed E-state index contributed by atoms with van der Waals surface area (Å²) in [7, 11) is -4.77. The first-order valence-corrected chi connectivity index (χ1v) is 8.01. The predicted octanol–water partition coefficient (Wildman–Crippen LogP) is 2.37. The van der Waals surface area contributed by atoms with Gasteiger partial charge in [0.25, 0.3) is 10.1 Å². The lowest BCUT2D eigenvalue weighted by Crippen LogP contribution is -2.07. The third-order valence-corrected chi connectivity index (χ3v) is 4.37. The smallest absolute Gasteiger partial charge is 0.300 e. The van der Waals surface area contributed by atoms with Gasteiger partial charge >= 0.3 is 0 Å². The molecule has 3 aromatic rings. The lowest BCUT2D eigenvalue weighted by Gasteiger charge is -2.15. The molecule has 0 aliphatic carbocycles. The first-order chi connectivity index (χ1) is 10.9. The van der Waals surface area contributed by atoms with E-state index in [1.165, 1.54) is 18.7 Å². The molecule has 1 heterocycles. The minimum absolute atomic E-state index is 0.00137. The molecule has 0 bridgehead atoms. The summed E-state index contributed by atoms with van der Waals surface area (Å²) in [5.74, 6) is -0.620. The van der Waals surface area contributed by atoms with Gasteiger partial charge in [-0.25, -0.2) is 15.0 Å². The van der Waals surface area contributed by atoms with E-state index >= 15 is 0 Å². The van der Waals surface area contributed by atoms with E-state index in [0.717, 1.165) is 0 Å². The Morgan fingerprint density at radius 3 is 2.30 bits per heavy atom. The van der Waals surface area contributed by atoms with Gasteiger partial charge < -0.3 is 10.4 Å². The van der Waals surface area contributed by atoms with Gasteiger partial charge in [-0.1, -0.05) is 35.9 Å². The minimum atomic E-state index is -4.77. The van der Waals surface area contributed by atoms with Gasteiger partial charge in [0.05, 0.1) is 10.7 Å². The van der Waals surface area contributed by atoms with E-state index in [1.807, 2.05) is 0 Å². The van der Waals surface area contributed by atoms with Gasteiger partial charge in [-0.15, -0.1) is 0 Å². The first-order valence-electron chi connectivity index (χ1n) is 6.19. The summed E-state index contributed by atoms with van der Waals surface area (Å²) in [5, 5.41) is 13.4. The highest BCUT2D eigenvalue weighted by molar-refractivity contribution is 7.86. The lowest BCUT2D eigenvalue weighted by molar-refractivity contribution is 0.449. The highest BCUT2D eigenvalue weighted by Crippen LogP contribution is 2.44. The van der Waals surface area contributed by atoms with Gasteiger partial charge in [0.2, 0.25) is 5.95 Å². The summed E-state index contributed by atoms with van der Waals surface area (Å²) in [5.41, 5.74) is -0.225. The van der Waals surface area contributed by atoms with Gasteiger partial charge in [-0.2, -0.15) is 8.42 Å². The summed E-state index contributed by atoms with van der Waals surface area (Å²) in [6.45, 7) is 0. The molecule has 0 spiro atoms. The molecule has 0 aliphatic rings. The third kappa shape index (κ3) is 2.77. The molecule has 0 saturated heterocycles. The second kappa shape index (κ2) is 5.61. The zero-order valence-corrected chi connectivity index (χ0v) is 12.9. The van der Waals surface area contributed by atoms with Crippen LogP contribution in [0, 0.1) is 0 Å². The van der Waals surface area contributed by atoms with E-state index in [1.54, 1.807) is 18.2 Å². The van der Waals surface area contributed by atoms with E-state index in [4.69, 9.17) is 11.6 Å². The molecule has 0 fully saturated rings. The van der Waals surface area contributed by atoms with E-state index < -0.39 is 20.8 Å². The van der Waals surface area contributed by atoms with Crippen molar-refractivity contribution < 1.29 is 18.1 Å². The van der Waals surface area contributed by atoms with Crippen molar-refractivity contribution >= 4 is 44.1 Å². The Morgan fingerprint density at radius 1 is 1.09 bits per heavy atom. The summed E-state index contributed by atoms with van der Waals surface area (Å²) >= 11 is 6.25. The van der Waals surface area contributed by atoms with E-state index in [0.29, 0.717) is 5.39 Å². The third-order valence-electron chi connectivity index (χ3n) is 3.07. The topological polar surface area (TPSA) is 125 Å². The Morgan fingerprint density at radius 2 is 1.70 bits per heavy atom. The van der Waals surface area contributed by atoms with Gasteiger partial charge in [0, 0.05) is 10.8 Å². The summed E-state index contributed by atoms with van der Waals surface area (Å²) in [6, 6.07) is 6.36. The molecule has 0 atom stereocenters. The second-order valence-corrected chi connectivity index (χ2v) is 6.21.